The Balaban J connectivity index is 1.96. The van der Waals surface area contributed by atoms with Gasteiger partial charge in [0.05, 0.1) is 26.1 Å². The van der Waals surface area contributed by atoms with Gasteiger partial charge in [0, 0.05) is 18.8 Å². The molecule has 1 fully saturated rings. The first kappa shape index (κ1) is 16.2. The Kier molecular flexibility index (Phi) is 4.55. The van der Waals surface area contributed by atoms with Gasteiger partial charge in [0.1, 0.15) is 0 Å². The smallest absolute Gasteiger partial charge is 0.190 e. The fourth-order valence-electron chi connectivity index (χ4n) is 3.36. The van der Waals surface area contributed by atoms with E-state index in [0.717, 1.165) is 26.1 Å². The third-order valence-corrected chi connectivity index (χ3v) is 4.97. The summed E-state index contributed by atoms with van der Waals surface area (Å²) in [4.78, 5) is 4.14. The van der Waals surface area contributed by atoms with E-state index in [2.05, 4.69) is 38.7 Å². The first-order valence-electron chi connectivity index (χ1n) is 8.31. The lowest BCUT2D eigenvalue weighted by Crippen LogP contribution is -2.46. The highest BCUT2D eigenvalue weighted by molar-refractivity contribution is 5.44. The van der Waals surface area contributed by atoms with Gasteiger partial charge in [0.25, 0.3) is 0 Å². The molecule has 0 atom stereocenters. The molecule has 1 aliphatic rings. The highest BCUT2D eigenvalue weighted by Crippen LogP contribution is 2.31. The van der Waals surface area contributed by atoms with Crippen molar-refractivity contribution in [3.8, 4) is 0 Å². The van der Waals surface area contributed by atoms with Gasteiger partial charge in [-0.3, -0.25) is 0 Å². The normalized spacial score (nSPS) is 17.4. The minimum absolute atomic E-state index is 0.602. The minimum Gasteiger partial charge on any atom is -0.348 e. The summed E-state index contributed by atoms with van der Waals surface area (Å²) >= 11 is 0. The van der Waals surface area contributed by atoms with Crippen LogP contribution >= 0.6 is 0 Å². The molecule has 0 saturated carbocycles. The molecule has 0 unspecified atom stereocenters. The molecule has 3 rings (SSSR count). The standard InChI is InChI=1S/C19H26N2O2/c1-14-10-15(2)17(4)18(16(14)3)11-19(22-8-5-9-23-19)12-21-7-6-20-13-21/h6-7,10,13H,5,8-9,11-12H2,1-4H3. The van der Waals surface area contributed by atoms with Gasteiger partial charge in [0.2, 0.25) is 0 Å². The van der Waals surface area contributed by atoms with Crippen LogP contribution in [-0.2, 0) is 22.4 Å². The summed E-state index contributed by atoms with van der Waals surface area (Å²) in [5, 5.41) is 0. The van der Waals surface area contributed by atoms with E-state index in [0.29, 0.717) is 6.54 Å². The highest BCUT2D eigenvalue weighted by atomic mass is 16.7. The molecule has 1 aromatic carbocycles. The Hall–Kier alpha value is -1.65. The van der Waals surface area contributed by atoms with Crippen molar-refractivity contribution in [3.05, 3.63) is 52.6 Å². The zero-order valence-corrected chi connectivity index (χ0v) is 14.6. The topological polar surface area (TPSA) is 36.3 Å². The molecule has 0 radical (unpaired) electrons. The molecule has 0 bridgehead atoms. The van der Waals surface area contributed by atoms with Crippen LogP contribution in [0.25, 0.3) is 0 Å². The third-order valence-electron chi connectivity index (χ3n) is 4.97. The lowest BCUT2D eigenvalue weighted by atomic mass is 9.89. The number of hydrogen-bond acceptors (Lipinski definition) is 3. The van der Waals surface area contributed by atoms with Crippen LogP contribution in [0.15, 0.2) is 24.8 Å². The molecule has 1 aromatic heterocycles. The molecule has 2 aromatic rings. The van der Waals surface area contributed by atoms with Crippen molar-refractivity contribution in [2.24, 2.45) is 0 Å². The van der Waals surface area contributed by atoms with Crippen LogP contribution in [0.3, 0.4) is 0 Å². The summed E-state index contributed by atoms with van der Waals surface area (Å²) < 4.78 is 14.4. The van der Waals surface area contributed by atoms with Crippen LogP contribution in [0, 0.1) is 27.7 Å². The maximum Gasteiger partial charge on any atom is 0.190 e. The molecule has 4 nitrogen and oxygen atoms in total. The van der Waals surface area contributed by atoms with Crippen LogP contribution in [-0.4, -0.2) is 28.6 Å². The zero-order valence-electron chi connectivity index (χ0n) is 14.6. The van der Waals surface area contributed by atoms with Gasteiger partial charge in [-0.25, -0.2) is 4.98 Å². The number of imidazole rings is 1. The number of nitrogens with zero attached hydrogens (tertiary/aromatic N) is 2. The molecule has 4 heteroatoms. The quantitative estimate of drug-likeness (QED) is 0.866. The Morgan fingerprint density at radius 1 is 1.09 bits per heavy atom. The minimum atomic E-state index is -0.602. The summed E-state index contributed by atoms with van der Waals surface area (Å²) in [6, 6.07) is 2.26. The van der Waals surface area contributed by atoms with Crippen LogP contribution in [0.5, 0.6) is 0 Å². The predicted molar refractivity (Wildman–Crippen MR) is 90.6 cm³/mol. The van der Waals surface area contributed by atoms with E-state index in [1.807, 2.05) is 17.1 Å². The summed E-state index contributed by atoms with van der Waals surface area (Å²) in [5.41, 5.74) is 6.70. The third kappa shape index (κ3) is 3.33. The average molecular weight is 314 g/mol. The maximum absolute atomic E-state index is 6.16. The molecule has 1 saturated heterocycles. The Morgan fingerprint density at radius 2 is 1.74 bits per heavy atom. The van der Waals surface area contributed by atoms with Gasteiger partial charge >= 0.3 is 0 Å². The monoisotopic (exact) mass is 314 g/mol. The van der Waals surface area contributed by atoms with E-state index in [4.69, 9.17) is 9.47 Å². The van der Waals surface area contributed by atoms with Gasteiger partial charge in [-0.1, -0.05) is 6.07 Å². The van der Waals surface area contributed by atoms with Crippen LogP contribution in [0.2, 0.25) is 0 Å². The summed E-state index contributed by atoms with van der Waals surface area (Å²) in [6.45, 7) is 10.9. The van der Waals surface area contributed by atoms with E-state index < -0.39 is 5.79 Å². The van der Waals surface area contributed by atoms with Crippen LogP contribution < -0.4 is 0 Å². The molecule has 2 heterocycles. The lowest BCUT2D eigenvalue weighted by molar-refractivity contribution is -0.273. The fourth-order valence-corrected chi connectivity index (χ4v) is 3.36. The van der Waals surface area contributed by atoms with Crippen molar-refractivity contribution >= 4 is 0 Å². The van der Waals surface area contributed by atoms with E-state index >= 15 is 0 Å². The van der Waals surface area contributed by atoms with Gasteiger partial charge in [-0.15, -0.1) is 0 Å². The van der Waals surface area contributed by atoms with Crippen molar-refractivity contribution in [3.63, 3.8) is 0 Å². The predicted octanol–water partition coefficient (Wildman–Crippen LogP) is 3.49. The van der Waals surface area contributed by atoms with Crippen molar-refractivity contribution in [1.82, 2.24) is 9.55 Å². The van der Waals surface area contributed by atoms with E-state index in [-0.39, 0.29) is 0 Å². The van der Waals surface area contributed by atoms with Crippen LogP contribution in [0.1, 0.15) is 34.2 Å². The number of rotatable bonds is 4. The fraction of sp³-hybridized carbons (Fsp3) is 0.526. The SMILES string of the molecule is Cc1cc(C)c(C)c(CC2(Cn3ccnc3)OCCCO2)c1C. The van der Waals surface area contributed by atoms with Gasteiger partial charge in [0.15, 0.2) is 5.79 Å². The molecule has 0 N–H and O–H groups in total. The zero-order chi connectivity index (χ0) is 16.4. The highest BCUT2D eigenvalue weighted by Gasteiger charge is 2.36. The average Bonchev–Trinajstić information content (AvgIpc) is 3.03. The second kappa shape index (κ2) is 6.46. The van der Waals surface area contributed by atoms with Gasteiger partial charge in [-0.2, -0.15) is 0 Å². The molecule has 1 aliphatic heterocycles. The summed E-state index contributed by atoms with van der Waals surface area (Å²) in [5.74, 6) is -0.602. The molecule has 0 spiro atoms. The summed E-state index contributed by atoms with van der Waals surface area (Å²) in [7, 11) is 0. The number of benzene rings is 1. The molecule has 0 amide bonds. The Labute approximate surface area is 138 Å². The molecular weight excluding hydrogens is 288 g/mol. The number of ether oxygens (including phenoxy) is 2. The molecular formula is C19H26N2O2. The van der Waals surface area contributed by atoms with E-state index in [1.165, 1.54) is 27.8 Å². The Morgan fingerprint density at radius 3 is 2.30 bits per heavy atom. The Bertz CT molecular complexity index is 645. The largest absolute Gasteiger partial charge is 0.348 e. The van der Waals surface area contributed by atoms with Crippen molar-refractivity contribution < 1.29 is 9.47 Å². The van der Waals surface area contributed by atoms with Crippen molar-refractivity contribution in [2.45, 2.75) is 52.9 Å². The summed E-state index contributed by atoms with van der Waals surface area (Å²) in [6.07, 6.45) is 7.31. The molecule has 23 heavy (non-hydrogen) atoms. The van der Waals surface area contributed by atoms with Crippen molar-refractivity contribution in [1.29, 1.82) is 0 Å². The van der Waals surface area contributed by atoms with Crippen molar-refractivity contribution in [2.75, 3.05) is 13.2 Å². The number of aromatic nitrogens is 2. The maximum atomic E-state index is 6.16. The van der Waals surface area contributed by atoms with Crippen LogP contribution in [0.4, 0.5) is 0 Å². The van der Waals surface area contributed by atoms with E-state index in [1.54, 1.807) is 6.20 Å². The second-order valence-corrected chi connectivity index (χ2v) is 6.61. The number of aryl methyl sites for hydroxylation is 2. The van der Waals surface area contributed by atoms with E-state index in [9.17, 15) is 0 Å². The first-order chi connectivity index (χ1) is 11.0. The van der Waals surface area contributed by atoms with Gasteiger partial charge in [-0.05, 0) is 61.9 Å². The second-order valence-electron chi connectivity index (χ2n) is 6.61. The number of hydrogen-bond donors (Lipinski definition) is 0. The molecule has 0 aliphatic carbocycles. The van der Waals surface area contributed by atoms with Gasteiger partial charge < -0.3 is 14.0 Å². The lowest BCUT2D eigenvalue weighted by Gasteiger charge is -2.38. The first-order valence-corrected chi connectivity index (χ1v) is 8.31. The molecule has 124 valence electrons.